The molecule has 5 N–H and O–H groups in total. The number of carboxylic acid groups (broad SMARTS) is 1. The van der Waals surface area contributed by atoms with Crippen molar-refractivity contribution >= 4 is 28.8 Å². The molecule has 1 heterocycles. The minimum atomic E-state index is -0.974. The van der Waals surface area contributed by atoms with Gasteiger partial charge in [0.05, 0.1) is 17.4 Å². The highest BCUT2D eigenvalue weighted by Crippen LogP contribution is 2.18. The van der Waals surface area contributed by atoms with Gasteiger partial charge in [-0.3, -0.25) is 9.80 Å². The summed E-state index contributed by atoms with van der Waals surface area (Å²) in [5.74, 6) is 10.7. The van der Waals surface area contributed by atoms with Crippen molar-refractivity contribution in [3.8, 4) is 0 Å². The number of amides is 1. The second-order valence-electron chi connectivity index (χ2n) is 5.92. The Hall–Kier alpha value is -2.04. The van der Waals surface area contributed by atoms with Crippen molar-refractivity contribution in [1.29, 1.82) is 0 Å². The number of rotatable bonds is 4. The second kappa shape index (κ2) is 8.88. The van der Waals surface area contributed by atoms with E-state index in [1.54, 1.807) is 12.2 Å². The molecule has 1 aliphatic carbocycles. The lowest BCUT2D eigenvalue weighted by Crippen LogP contribution is -2.48. The lowest BCUT2D eigenvalue weighted by molar-refractivity contribution is -0.132. The lowest BCUT2D eigenvalue weighted by atomic mass is 10.0. The van der Waals surface area contributed by atoms with Gasteiger partial charge in [-0.1, -0.05) is 23.9 Å². The van der Waals surface area contributed by atoms with E-state index in [1.165, 1.54) is 22.8 Å². The molecule has 0 aromatic heterocycles. The number of thioether (sulfide) groups is 1. The smallest absolute Gasteiger partial charge is 0.335 e. The predicted octanol–water partition coefficient (Wildman–Crippen LogP) is -0.761. The van der Waals surface area contributed by atoms with Gasteiger partial charge in [-0.05, 0) is 19.5 Å². The van der Waals surface area contributed by atoms with Gasteiger partial charge in [0, 0.05) is 26.2 Å². The van der Waals surface area contributed by atoms with Crippen LogP contribution >= 0.6 is 11.8 Å². The predicted molar refractivity (Wildman–Crippen MR) is 97.4 cm³/mol. The number of likely N-dealkylation sites (N-methyl/N-ethyl adjacent to an activating group) is 1. The molecule has 9 nitrogen and oxygen atoms in total. The molecule has 1 saturated heterocycles. The molecule has 2 aliphatic rings. The monoisotopic (exact) mass is 368 g/mol. The number of hydrazone groups is 1. The third kappa shape index (κ3) is 5.21. The zero-order chi connectivity index (χ0) is 18.4. The SMILES string of the molecule is CN1CCN(C(=O)CS/C(=N/N)N(N)C2C=CC(C(=O)O)=CC2)CC1. The largest absolute Gasteiger partial charge is 0.478 e. The number of nitrogens with zero attached hydrogens (tertiary/aromatic N) is 4. The highest BCUT2D eigenvalue weighted by atomic mass is 32.2. The fraction of sp³-hybridized carbons (Fsp3) is 0.533. The topological polar surface area (TPSA) is 128 Å². The van der Waals surface area contributed by atoms with Crippen molar-refractivity contribution < 1.29 is 14.7 Å². The fourth-order valence-electron chi connectivity index (χ4n) is 2.57. The summed E-state index contributed by atoms with van der Waals surface area (Å²) in [6.45, 7) is 3.15. The Morgan fingerprint density at radius 2 is 2.08 bits per heavy atom. The Kier molecular flexibility index (Phi) is 6.85. The van der Waals surface area contributed by atoms with Gasteiger partial charge < -0.3 is 20.7 Å². The molecule has 25 heavy (non-hydrogen) atoms. The van der Waals surface area contributed by atoms with Crippen LogP contribution in [-0.2, 0) is 9.59 Å². The van der Waals surface area contributed by atoms with Gasteiger partial charge in [-0.25, -0.2) is 10.6 Å². The number of aliphatic carboxylic acids is 1. The first-order chi connectivity index (χ1) is 11.9. The Labute approximate surface area is 150 Å². The van der Waals surface area contributed by atoms with E-state index in [2.05, 4.69) is 10.0 Å². The van der Waals surface area contributed by atoms with Crippen molar-refractivity contribution in [2.45, 2.75) is 12.5 Å². The molecule has 0 bridgehead atoms. The first-order valence-corrected chi connectivity index (χ1v) is 8.93. The molecular formula is C15H24N6O3S. The molecule has 1 amide bonds. The molecular weight excluding hydrogens is 344 g/mol. The van der Waals surface area contributed by atoms with Gasteiger partial charge in [0.1, 0.15) is 0 Å². The number of carbonyl (C=O) groups excluding carboxylic acids is 1. The maximum absolute atomic E-state index is 12.3. The number of hydrogen-bond acceptors (Lipinski definition) is 7. The number of amidine groups is 1. The van der Waals surface area contributed by atoms with Crippen molar-refractivity contribution in [2.75, 3.05) is 39.0 Å². The van der Waals surface area contributed by atoms with E-state index < -0.39 is 5.97 Å². The summed E-state index contributed by atoms with van der Waals surface area (Å²) in [4.78, 5) is 27.2. The molecule has 1 unspecified atom stereocenters. The van der Waals surface area contributed by atoms with Crippen molar-refractivity contribution in [3.05, 3.63) is 23.8 Å². The molecule has 1 aliphatic heterocycles. The van der Waals surface area contributed by atoms with Gasteiger partial charge in [0.15, 0.2) is 5.17 Å². The Morgan fingerprint density at radius 1 is 1.40 bits per heavy atom. The molecule has 0 radical (unpaired) electrons. The summed E-state index contributed by atoms with van der Waals surface area (Å²) in [7, 11) is 2.03. The molecule has 0 aromatic carbocycles. The zero-order valence-electron chi connectivity index (χ0n) is 14.2. The minimum absolute atomic E-state index is 0.0277. The summed E-state index contributed by atoms with van der Waals surface area (Å²) in [5.41, 5.74) is 0.230. The maximum atomic E-state index is 12.3. The van der Waals surface area contributed by atoms with Crippen LogP contribution in [0.4, 0.5) is 0 Å². The molecule has 10 heteroatoms. The average Bonchev–Trinajstić information content (AvgIpc) is 2.62. The maximum Gasteiger partial charge on any atom is 0.335 e. The van der Waals surface area contributed by atoms with Crippen molar-refractivity contribution in [2.24, 2.45) is 16.8 Å². The van der Waals surface area contributed by atoms with Crippen LogP contribution in [-0.4, -0.2) is 82.0 Å². The molecule has 0 aromatic rings. The normalized spacial score (nSPS) is 21.8. The second-order valence-corrected chi connectivity index (χ2v) is 6.86. The van der Waals surface area contributed by atoms with Crippen LogP contribution in [0.3, 0.4) is 0 Å². The zero-order valence-corrected chi connectivity index (χ0v) is 15.0. The molecule has 1 fully saturated rings. The Bertz CT molecular complexity index is 598. The standard InChI is InChI=1S/C15H24N6O3S/c1-19-6-8-20(9-7-19)13(22)10-25-15(18-16)21(17)12-4-2-11(3-5-12)14(23)24/h2-4,12H,5-10,16-17H2,1H3,(H,23,24)/b18-15+. The number of carboxylic acids is 1. The van der Waals surface area contributed by atoms with E-state index in [0.717, 1.165) is 13.1 Å². The summed E-state index contributed by atoms with van der Waals surface area (Å²) in [6.07, 6.45) is 5.23. The molecule has 0 saturated carbocycles. The summed E-state index contributed by atoms with van der Waals surface area (Å²) in [6, 6.07) is -0.253. The summed E-state index contributed by atoms with van der Waals surface area (Å²) >= 11 is 1.18. The van der Waals surface area contributed by atoms with Crippen LogP contribution in [0, 0.1) is 0 Å². The first-order valence-electron chi connectivity index (χ1n) is 7.95. The Balaban J connectivity index is 1.85. The highest BCUT2D eigenvalue weighted by molar-refractivity contribution is 8.14. The molecule has 0 spiro atoms. The van der Waals surface area contributed by atoms with Crippen LogP contribution in [0.25, 0.3) is 0 Å². The average molecular weight is 368 g/mol. The van der Waals surface area contributed by atoms with E-state index >= 15 is 0 Å². The number of hydrazine groups is 1. The van der Waals surface area contributed by atoms with Gasteiger partial charge >= 0.3 is 5.97 Å². The molecule has 2 rings (SSSR count). The van der Waals surface area contributed by atoms with Crippen molar-refractivity contribution in [3.63, 3.8) is 0 Å². The summed E-state index contributed by atoms with van der Waals surface area (Å²) < 4.78 is 0. The van der Waals surface area contributed by atoms with E-state index in [0.29, 0.717) is 24.7 Å². The van der Waals surface area contributed by atoms with Crippen LogP contribution in [0.5, 0.6) is 0 Å². The van der Waals surface area contributed by atoms with Gasteiger partial charge in [0.2, 0.25) is 5.91 Å². The van der Waals surface area contributed by atoms with Gasteiger partial charge in [0.25, 0.3) is 0 Å². The van der Waals surface area contributed by atoms with E-state index in [-0.39, 0.29) is 23.3 Å². The number of carbonyl (C=O) groups is 2. The summed E-state index contributed by atoms with van der Waals surface area (Å²) in [5, 5.41) is 14.3. The third-order valence-electron chi connectivity index (χ3n) is 4.19. The van der Waals surface area contributed by atoms with Gasteiger partial charge in [-0.2, -0.15) is 5.10 Å². The van der Waals surface area contributed by atoms with Crippen LogP contribution in [0.15, 0.2) is 28.9 Å². The highest BCUT2D eigenvalue weighted by Gasteiger charge is 2.23. The van der Waals surface area contributed by atoms with Gasteiger partial charge in [-0.15, -0.1) is 0 Å². The molecule has 138 valence electrons. The number of piperazine rings is 1. The van der Waals surface area contributed by atoms with Crippen LogP contribution in [0.1, 0.15) is 6.42 Å². The van der Waals surface area contributed by atoms with Crippen LogP contribution < -0.4 is 11.7 Å². The number of hydrogen-bond donors (Lipinski definition) is 3. The van der Waals surface area contributed by atoms with Crippen LogP contribution in [0.2, 0.25) is 0 Å². The molecule has 1 atom stereocenters. The third-order valence-corrected chi connectivity index (χ3v) is 5.16. The number of nitrogens with two attached hydrogens (primary N) is 2. The Morgan fingerprint density at radius 3 is 2.60 bits per heavy atom. The fourth-order valence-corrected chi connectivity index (χ4v) is 3.36. The van der Waals surface area contributed by atoms with E-state index in [9.17, 15) is 9.59 Å². The first kappa shape index (κ1) is 19.3. The van der Waals surface area contributed by atoms with E-state index in [4.69, 9.17) is 16.8 Å². The van der Waals surface area contributed by atoms with E-state index in [1.807, 2.05) is 11.9 Å². The minimum Gasteiger partial charge on any atom is -0.478 e. The van der Waals surface area contributed by atoms with Crippen molar-refractivity contribution in [1.82, 2.24) is 14.8 Å². The lowest BCUT2D eigenvalue weighted by Gasteiger charge is -2.32. The quantitative estimate of drug-likeness (QED) is 0.256.